The van der Waals surface area contributed by atoms with Gasteiger partial charge >= 0.3 is 0 Å². The molecule has 1 aliphatic rings. The summed E-state index contributed by atoms with van der Waals surface area (Å²) in [5, 5.41) is 1.15. The summed E-state index contributed by atoms with van der Waals surface area (Å²) in [6.45, 7) is 12.0. The summed E-state index contributed by atoms with van der Waals surface area (Å²) in [5.74, 6) is 0. The molecule has 1 heterocycles. The van der Waals surface area contributed by atoms with Crippen LogP contribution in [0.5, 0.6) is 0 Å². The average Bonchev–Trinajstić information content (AvgIpc) is 2.33. The fraction of sp³-hybridized carbons (Fsp3) is 1.00. The molecule has 3 heteroatoms. The van der Waals surface area contributed by atoms with Gasteiger partial charge in [-0.05, 0) is 32.2 Å². The van der Waals surface area contributed by atoms with Crippen molar-refractivity contribution in [2.75, 3.05) is 38.6 Å². The molecule has 0 aromatic rings. The zero-order chi connectivity index (χ0) is 13.6. The van der Waals surface area contributed by atoms with Crippen LogP contribution in [0.3, 0.4) is 0 Å². The SMILES string of the molecule is CCCC(CBr)(CCC)CN1CCN(C)CC1C. The number of likely N-dealkylation sites (N-methyl/N-ethyl adjacent to an activating group) is 1. The lowest BCUT2D eigenvalue weighted by atomic mass is 9.80. The van der Waals surface area contributed by atoms with E-state index < -0.39 is 0 Å². The molecule has 1 fully saturated rings. The van der Waals surface area contributed by atoms with Gasteiger partial charge in [-0.15, -0.1) is 0 Å². The van der Waals surface area contributed by atoms with Crippen LogP contribution in [0, 0.1) is 5.41 Å². The van der Waals surface area contributed by atoms with Crippen molar-refractivity contribution in [2.24, 2.45) is 5.41 Å². The van der Waals surface area contributed by atoms with Crippen molar-refractivity contribution in [2.45, 2.75) is 52.5 Å². The van der Waals surface area contributed by atoms with Crippen molar-refractivity contribution in [1.82, 2.24) is 9.80 Å². The van der Waals surface area contributed by atoms with Crippen LogP contribution in [0.15, 0.2) is 0 Å². The standard InChI is InChI=1S/C15H31BrN2/c1-5-7-15(12-16,8-6-2)13-18-10-9-17(4)11-14(18)3/h14H,5-13H2,1-4H3. The van der Waals surface area contributed by atoms with Crippen LogP contribution in [-0.2, 0) is 0 Å². The molecule has 0 radical (unpaired) electrons. The van der Waals surface area contributed by atoms with Gasteiger partial charge in [0.1, 0.15) is 0 Å². The van der Waals surface area contributed by atoms with Crippen molar-refractivity contribution in [3.8, 4) is 0 Å². The Hall–Kier alpha value is 0.400. The first kappa shape index (κ1) is 16.5. The van der Waals surface area contributed by atoms with Crippen LogP contribution in [-0.4, -0.2) is 54.4 Å². The molecule has 0 aliphatic carbocycles. The third kappa shape index (κ3) is 4.50. The van der Waals surface area contributed by atoms with E-state index in [2.05, 4.69) is 53.5 Å². The molecule has 108 valence electrons. The van der Waals surface area contributed by atoms with Crippen LogP contribution in [0.1, 0.15) is 46.5 Å². The summed E-state index contributed by atoms with van der Waals surface area (Å²) in [7, 11) is 2.24. The number of nitrogens with zero attached hydrogens (tertiary/aromatic N) is 2. The van der Waals surface area contributed by atoms with Gasteiger partial charge in [-0.2, -0.15) is 0 Å². The second-order valence-corrected chi connectivity index (χ2v) is 6.78. The zero-order valence-electron chi connectivity index (χ0n) is 12.7. The van der Waals surface area contributed by atoms with E-state index in [1.807, 2.05) is 0 Å². The molecule has 1 aliphatic heterocycles. The van der Waals surface area contributed by atoms with E-state index in [1.54, 1.807) is 0 Å². The number of halogens is 1. The quantitative estimate of drug-likeness (QED) is 0.662. The average molecular weight is 319 g/mol. The maximum atomic E-state index is 3.80. The van der Waals surface area contributed by atoms with Gasteiger partial charge in [-0.3, -0.25) is 4.90 Å². The lowest BCUT2D eigenvalue weighted by Crippen LogP contribution is -2.54. The van der Waals surface area contributed by atoms with Crippen molar-refractivity contribution in [3.05, 3.63) is 0 Å². The molecule has 1 saturated heterocycles. The predicted octanol–water partition coefficient (Wildman–Crippen LogP) is 3.60. The summed E-state index contributed by atoms with van der Waals surface area (Å²) >= 11 is 3.80. The fourth-order valence-corrected chi connectivity index (χ4v) is 4.10. The molecule has 0 bridgehead atoms. The van der Waals surface area contributed by atoms with Crippen molar-refractivity contribution < 1.29 is 0 Å². The summed E-state index contributed by atoms with van der Waals surface area (Å²) < 4.78 is 0. The van der Waals surface area contributed by atoms with Crippen molar-refractivity contribution >= 4 is 15.9 Å². The van der Waals surface area contributed by atoms with E-state index in [1.165, 1.54) is 51.9 Å². The number of hydrogen-bond acceptors (Lipinski definition) is 2. The van der Waals surface area contributed by atoms with Gasteiger partial charge in [0.25, 0.3) is 0 Å². The van der Waals surface area contributed by atoms with Gasteiger partial charge in [-0.25, -0.2) is 0 Å². The van der Waals surface area contributed by atoms with Crippen LogP contribution in [0.25, 0.3) is 0 Å². The van der Waals surface area contributed by atoms with E-state index in [9.17, 15) is 0 Å². The highest BCUT2D eigenvalue weighted by Crippen LogP contribution is 2.34. The molecule has 0 N–H and O–H groups in total. The van der Waals surface area contributed by atoms with Gasteiger partial charge < -0.3 is 4.90 Å². The Morgan fingerprint density at radius 2 is 1.78 bits per heavy atom. The van der Waals surface area contributed by atoms with Crippen LogP contribution in [0.4, 0.5) is 0 Å². The Balaban J connectivity index is 2.64. The van der Waals surface area contributed by atoms with Gasteiger partial charge in [0.2, 0.25) is 0 Å². The molecule has 0 aromatic carbocycles. The van der Waals surface area contributed by atoms with Crippen molar-refractivity contribution in [1.29, 1.82) is 0 Å². The van der Waals surface area contributed by atoms with Crippen LogP contribution < -0.4 is 0 Å². The van der Waals surface area contributed by atoms with E-state index in [-0.39, 0.29) is 0 Å². The van der Waals surface area contributed by atoms with Crippen molar-refractivity contribution in [3.63, 3.8) is 0 Å². The molecule has 1 rings (SSSR count). The Labute approximate surface area is 122 Å². The number of hydrogen-bond donors (Lipinski definition) is 0. The molecule has 0 spiro atoms. The first-order chi connectivity index (χ1) is 8.56. The molecule has 0 saturated carbocycles. The van der Waals surface area contributed by atoms with Crippen LogP contribution >= 0.6 is 15.9 Å². The number of alkyl halides is 1. The minimum absolute atomic E-state index is 0.494. The largest absolute Gasteiger partial charge is 0.304 e. The summed E-state index contributed by atoms with van der Waals surface area (Å²) in [6, 6.07) is 0.705. The number of piperazine rings is 1. The minimum atomic E-state index is 0.494. The zero-order valence-corrected chi connectivity index (χ0v) is 14.3. The Bertz CT molecular complexity index is 227. The highest BCUT2D eigenvalue weighted by atomic mass is 79.9. The fourth-order valence-electron chi connectivity index (χ4n) is 3.36. The van der Waals surface area contributed by atoms with E-state index in [0.717, 1.165) is 5.33 Å². The summed E-state index contributed by atoms with van der Waals surface area (Å²) in [6.07, 6.45) is 5.30. The molecular weight excluding hydrogens is 288 g/mol. The Morgan fingerprint density at radius 1 is 1.17 bits per heavy atom. The third-order valence-electron chi connectivity index (χ3n) is 4.35. The maximum Gasteiger partial charge on any atom is 0.0195 e. The first-order valence-corrected chi connectivity index (χ1v) is 8.67. The summed E-state index contributed by atoms with van der Waals surface area (Å²) in [5.41, 5.74) is 0.494. The molecule has 1 atom stereocenters. The minimum Gasteiger partial charge on any atom is -0.304 e. The molecule has 18 heavy (non-hydrogen) atoms. The molecular formula is C15H31BrN2. The predicted molar refractivity (Wildman–Crippen MR) is 84.6 cm³/mol. The highest BCUT2D eigenvalue weighted by molar-refractivity contribution is 9.09. The molecule has 2 nitrogen and oxygen atoms in total. The first-order valence-electron chi connectivity index (χ1n) is 7.55. The second kappa shape index (κ2) is 7.86. The highest BCUT2D eigenvalue weighted by Gasteiger charge is 2.32. The Kier molecular flexibility index (Phi) is 7.19. The van der Waals surface area contributed by atoms with E-state index >= 15 is 0 Å². The van der Waals surface area contributed by atoms with E-state index in [0.29, 0.717) is 11.5 Å². The van der Waals surface area contributed by atoms with Crippen LogP contribution in [0.2, 0.25) is 0 Å². The topological polar surface area (TPSA) is 6.48 Å². The third-order valence-corrected chi connectivity index (χ3v) is 5.54. The van der Waals surface area contributed by atoms with E-state index in [4.69, 9.17) is 0 Å². The normalized spacial score (nSPS) is 23.5. The van der Waals surface area contributed by atoms with Gasteiger partial charge in [-0.1, -0.05) is 42.6 Å². The molecule has 0 amide bonds. The van der Waals surface area contributed by atoms with Gasteiger partial charge in [0.05, 0.1) is 0 Å². The molecule has 1 unspecified atom stereocenters. The lowest BCUT2D eigenvalue weighted by molar-refractivity contribution is 0.0548. The molecule has 0 aromatic heterocycles. The summed E-state index contributed by atoms with van der Waals surface area (Å²) in [4.78, 5) is 5.17. The van der Waals surface area contributed by atoms with Gasteiger partial charge in [0.15, 0.2) is 0 Å². The number of rotatable bonds is 7. The maximum absolute atomic E-state index is 3.80. The second-order valence-electron chi connectivity index (χ2n) is 6.22. The Morgan fingerprint density at radius 3 is 2.22 bits per heavy atom. The smallest absolute Gasteiger partial charge is 0.0195 e. The lowest BCUT2D eigenvalue weighted by Gasteiger charge is -2.44. The monoisotopic (exact) mass is 318 g/mol. The van der Waals surface area contributed by atoms with Gasteiger partial charge in [0, 0.05) is 37.6 Å².